The molecule has 3 N–H and O–H groups in total. The van der Waals surface area contributed by atoms with Crippen molar-refractivity contribution in [1.29, 1.82) is 0 Å². The fourth-order valence-corrected chi connectivity index (χ4v) is 1.80. The molecule has 0 saturated carbocycles. The average Bonchev–Trinajstić information content (AvgIpc) is 2.41. The number of anilines is 1. The number of carbonyl (C=O) groups excluding carboxylic acids is 1. The third kappa shape index (κ3) is 6.47. The number of alkyl carbamates (subject to hydrolysis) is 1. The van der Waals surface area contributed by atoms with E-state index >= 15 is 0 Å². The molecule has 22 heavy (non-hydrogen) atoms. The monoisotopic (exact) mass is 308 g/mol. The summed E-state index contributed by atoms with van der Waals surface area (Å²) in [5.74, 6) is -0.889. The van der Waals surface area contributed by atoms with Crippen LogP contribution in [0.25, 0.3) is 0 Å². The lowest BCUT2D eigenvalue weighted by Crippen LogP contribution is -2.32. The Balaban J connectivity index is 2.61. The maximum atomic E-state index is 11.6. The first kappa shape index (κ1) is 17.8. The molecule has 0 aliphatic carbocycles. The van der Waals surface area contributed by atoms with Crippen molar-refractivity contribution in [3.8, 4) is 0 Å². The van der Waals surface area contributed by atoms with E-state index in [1.165, 1.54) is 0 Å². The normalized spacial score (nSPS) is 12.4. The Morgan fingerprint density at radius 3 is 2.55 bits per heavy atom. The van der Waals surface area contributed by atoms with Crippen LogP contribution in [0.4, 0.5) is 10.5 Å². The average molecular weight is 308 g/mol. The molecule has 0 bridgehead atoms. The maximum Gasteiger partial charge on any atom is 0.407 e. The topological polar surface area (TPSA) is 87.7 Å². The Morgan fingerprint density at radius 2 is 2.00 bits per heavy atom. The first-order valence-electron chi connectivity index (χ1n) is 7.26. The maximum absolute atomic E-state index is 11.6. The summed E-state index contributed by atoms with van der Waals surface area (Å²) in [6.07, 6.45) is -0.00162. The van der Waals surface area contributed by atoms with Crippen molar-refractivity contribution >= 4 is 17.7 Å². The number of carbonyl (C=O) groups is 2. The lowest BCUT2D eigenvalue weighted by Gasteiger charge is -2.20. The van der Waals surface area contributed by atoms with E-state index in [4.69, 9.17) is 9.84 Å². The standard InChI is InChI=1S/C16H24N2O4/c1-5-13(14(19)20)18-12-8-6-7-11(9-12)10-17-15(21)22-16(2,3)4/h6-9,13,18H,5,10H2,1-4H3,(H,17,21)(H,19,20). The Morgan fingerprint density at radius 1 is 1.32 bits per heavy atom. The zero-order valence-electron chi connectivity index (χ0n) is 13.5. The molecule has 122 valence electrons. The number of benzene rings is 1. The molecule has 6 heteroatoms. The highest BCUT2D eigenvalue weighted by atomic mass is 16.6. The predicted octanol–water partition coefficient (Wildman–Crippen LogP) is 2.99. The Labute approximate surface area is 130 Å². The van der Waals surface area contributed by atoms with E-state index in [2.05, 4.69) is 10.6 Å². The number of carboxylic acid groups (broad SMARTS) is 1. The van der Waals surface area contributed by atoms with Crippen LogP contribution in [0.1, 0.15) is 39.7 Å². The Kier molecular flexibility index (Phi) is 6.22. The third-order valence-corrected chi connectivity index (χ3v) is 2.81. The molecule has 1 amide bonds. The van der Waals surface area contributed by atoms with Gasteiger partial charge in [-0.15, -0.1) is 0 Å². The first-order chi connectivity index (χ1) is 10.2. The van der Waals surface area contributed by atoms with Gasteiger partial charge in [-0.25, -0.2) is 9.59 Å². The highest BCUT2D eigenvalue weighted by molar-refractivity contribution is 5.77. The fraction of sp³-hybridized carbons (Fsp3) is 0.500. The summed E-state index contributed by atoms with van der Waals surface area (Å²) in [6, 6.07) is 6.63. The molecule has 0 radical (unpaired) electrons. The molecule has 0 aliphatic heterocycles. The molecule has 1 aromatic rings. The van der Waals surface area contributed by atoms with Crippen molar-refractivity contribution in [2.45, 2.75) is 52.3 Å². The SMILES string of the molecule is CCC(Nc1cccc(CNC(=O)OC(C)(C)C)c1)C(=O)O. The van der Waals surface area contributed by atoms with Gasteiger partial charge in [-0.05, 0) is 44.9 Å². The summed E-state index contributed by atoms with van der Waals surface area (Å²) >= 11 is 0. The third-order valence-electron chi connectivity index (χ3n) is 2.81. The van der Waals surface area contributed by atoms with E-state index in [0.29, 0.717) is 18.7 Å². The molecule has 0 fully saturated rings. The van der Waals surface area contributed by atoms with Crippen LogP contribution < -0.4 is 10.6 Å². The van der Waals surface area contributed by atoms with E-state index in [0.717, 1.165) is 5.56 Å². The van der Waals surface area contributed by atoms with Crippen molar-refractivity contribution < 1.29 is 19.4 Å². The number of nitrogens with one attached hydrogen (secondary N) is 2. The van der Waals surface area contributed by atoms with Gasteiger partial charge in [-0.1, -0.05) is 19.1 Å². The molecule has 0 aliphatic rings. The molecule has 1 rings (SSSR count). The van der Waals surface area contributed by atoms with Crippen LogP contribution in [-0.2, 0) is 16.1 Å². The first-order valence-corrected chi connectivity index (χ1v) is 7.26. The van der Waals surface area contributed by atoms with Crippen molar-refractivity contribution in [3.63, 3.8) is 0 Å². The van der Waals surface area contributed by atoms with Crippen LogP contribution in [0.3, 0.4) is 0 Å². The second kappa shape index (κ2) is 7.68. The zero-order valence-corrected chi connectivity index (χ0v) is 13.5. The van der Waals surface area contributed by atoms with Gasteiger partial charge in [0.2, 0.25) is 0 Å². The van der Waals surface area contributed by atoms with Gasteiger partial charge in [0.1, 0.15) is 11.6 Å². The van der Waals surface area contributed by atoms with Gasteiger partial charge >= 0.3 is 12.1 Å². The van der Waals surface area contributed by atoms with Crippen LogP contribution in [0, 0.1) is 0 Å². The minimum absolute atomic E-state index is 0.314. The number of hydrogen-bond acceptors (Lipinski definition) is 4. The van der Waals surface area contributed by atoms with Gasteiger partial charge in [0, 0.05) is 12.2 Å². The number of carboxylic acids is 1. The second-order valence-electron chi connectivity index (χ2n) is 6.00. The summed E-state index contributed by atoms with van der Waals surface area (Å²) in [7, 11) is 0. The molecule has 0 aromatic heterocycles. The van der Waals surface area contributed by atoms with E-state index in [1.807, 2.05) is 18.2 Å². The molecule has 1 atom stereocenters. The molecular weight excluding hydrogens is 284 g/mol. The van der Waals surface area contributed by atoms with Gasteiger partial charge in [0.05, 0.1) is 0 Å². The molecule has 6 nitrogen and oxygen atoms in total. The summed E-state index contributed by atoms with van der Waals surface area (Å²) in [5, 5.41) is 14.7. The molecular formula is C16H24N2O4. The van der Waals surface area contributed by atoms with Crippen molar-refractivity contribution in [1.82, 2.24) is 5.32 Å². The largest absolute Gasteiger partial charge is 0.480 e. The quantitative estimate of drug-likeness (QED) is 0.752. The number of aliphatic carboxylic acids is 1. The minimum atomic E-state index is -0.889. The van der Waals surface area contributed by atoms with Crippen molar-refractivity contribution in [2.24, 2.45) is 0 Å². The molecule has 0 heterocycles. The van der Waals surface area contributed by atoms with E-state index in [9.17, 15) is 9.59 Å². The second-order valence-corrected chi connectivity index (χ2v) is 6.00. The van der Waals surface area contributed by atoms with Gasteiger partial charge in [0.25, 0.3) is 0 Å². The lowest BCUT2D eigenvalue weighted by atomic mass is 10.1. The van der Waals surface area contributed by atoms with Crippen LogP contribution in [-0.4, -0.2) is 28.8 Å². The molecule has 0 saturated heterocycles. The van der Waals surface area contributed by atoms with Crippen LogP contribution in [0.5, 0.6) is 0 Å². The van der Waals surface area contributed by atoms with Gasteiger partial charge < -0.3 is 20.5 Å². The number of hydrogen-bond donors (Lipinski definition) is 3. The Bertz CT molecular complexity index is 523. The van der Waals surface area contributed by atoms with E-state index in [1.54, 1.807) is 33.8 Å². The highest BCUT2D eigenvalue weighted by Gasteiger charge is 2.16. The van der Waals surface area contributed by atoms with Gasteiger partial charge in [-0.2, -0.15) is 0 Å². The van der Waals surface area contributed by atoms with Crippen molar-refractivity contribution in [2.75, 3.05) is 5.32 Å². The summed E-state index contributed by atoms with van der Waals surface area (Å²) in [6.45, 7) is 7.52. The highest BCUT2D eigenvalue weighted by Crippen LogP contribution is 2.13. The fourth-order valence-electron chi connectivity index (χ4n) is 1.80. The zero-order chi connectivity index (χ0) is 16.8. The summed E-state index contributed by atoms with van der Waals surface area (Å²) < 4.78 is 5.16. The van der Waals surface area contributed by atoms with E-state index < -0.39 is 23.7 Å². The number of rotatable bonds is 6. The van der Waals surface area contributed by atoms with Crippen LogP contribution in [0.2, 0.25) is 0 Å². The molecule has 1 unspecified atom stereocenters. The number of ether oxygens (including phenoxy) is 1. The summed E-state index contributed by atoms with van der Waals surface area (Å²) in [4.78, 5) is 22.6. The van der Waals surface area contributed by atoms with E-state index in [-0.39, 0.29) is 0 Å². The molecule has 1 aromatic carbocycles. The summed E-state index contributed by atoms with van der Waals surface area (Å²) in [5.41, 5.74) is 1.03. The lowest BCUT2D eigenvalue weighted by molar-refractivity contribution is -0.137. The minimum Gasteiger partial charge on any atom is -0.480 e. The number of amides is 1. The predicted molar refractivity (Wildman–Crippen MR) is 84.9 cm³/mol. The van der Waals surface area contributed by atoms with Gasteiger partial charge in [-0.3, -0.25) is 0 Å². The molecule has 0 spiro atoms. The van der Waals surface area contributed by atoms with Gasteiger partial charge in [0.15, 0.2) is 0 Å². The Hall–Kier alpha value is -2.24. The van der Waals surface area contributed by atoms with Crippen molar-refractivity contribution in [3.05, 3.63) is 29.8 Å². The van der Waals surface area contributed by atoms with Crippen LogP contribution in [0.15, 0.2) is 24.3 Å². The van der Waals surface area contributed by atoms with Crippen LogP contribution >= 0.6 is 0 Å². The smallest absolute Gasteiger partial charge is 0.407 e.